The third kappa shape index (κ3) is 5.86. The highest BCUT2D eigenvalue weighted by atomic mass is 35.5. The van der Waals surface area contributed by atoms with E-state index in [-0.39, 0.29) is 42.8 Å². The van der Waals surface area contributed by atoms with Crippen molar-refractivity contribution in [1.82, 2.24) is 15.5 Å². The van der Waals surface area contributed by atoms with Crippen molar-refractivity contribution in [3.05, 3.63) is 22.4 Å². The number of thiophene rings is 1. The van der Waals surface area contributed by atoms with Crippen molar-refractivity contribution < 1.29 is 9.53 Å². The van der Waals surface area contributed by atoms with Crippen LogP contribution in [0, 0.1) is 0 Å². The van der Waals surface area contributed by atoms with E-state index in [2.05, 4.69) is 33.0 Å². The van der Waals surface area contributed by atoms with E-state index in [1.807, 2.05) is 0 Å². The number of morpholine rings is 1. The van der Waals surface area contributed by atoms with E-state index in [1.165, 1.54) is 11.3 Å². The second-order valence-corrected chi connectivity index (χ2v) is 6.91. The van der Waals surface area contributed by atoms with E-state index >= 15 is 0 Å². The summed E-state index contributed by atoms with van der Waals surface area (Å²) in [6, 6.07) is 4.49. The molecule has 2 atom stereocenters. The zero-order chi connectivity index (χ0) is 15.2. The molecule has 2 fully saturated rings. The van der Waals surface area contributed by atoms with E-state index in [0.717, 1.165) is 45.7 Å². The molecular weight excluding hydrogens is 369 g/mol. The van der Waals surface area contributed by atoms with E-state index in [0.29, 0.717) is 6.54 Å². The fourth-order valence-corrected chi connectivity index (χ4v) is 4.04. The molecule has 0 aromatic carbocycles. The van der Waals surface area contributed by atoms with Crippen LogP contribution in [0.5, 0.6) is 0 Å². The van der Waals surface area contributed by atoms with Crippen LogP contribution in [0.2, 0.25) is 0 Å². The number of nitrogens with one attached hydrogen (secondary N) is 2. The molecule has 2 saturated heterocycles. The average Bonchev–Trinajstić information content (AvgIpc) is 3.11. The van der Waals surface area contributed by atoms with Crippen LogP contribution < -0.4 is 10.6 Å². The van der Waals surface area contributed by atoms with Gasteiger partial charge in [-0.05, 0) is 30.8 Å². The van der Waals surface area contributed by atoms with Gasteiger partial charge < -0.3 is 15.4 Å². The lowest BCUT2D eigenvalue weighted by atomic mass is 10.0. The molecule has 1 aromatic heterocycles. The van der Waals surface area contributed by atoms with Gasteiger partial charge in [-0.15, -0.1) is 36.2 Å². The lowest BCUT2D eigenvalue weighted by molar-refractivity contribution is -0.124. The number of carbonyl (C=O) groups is 1. The summed E-state index contributed by atoms with van der Waals surface area (Å²) in [7, 11) is 0. The summed E-state index contributed by atoms with van der Waals surface area (Å²) in [6.45, 7) is 5.05. The summed E-state index contributed by atoms with van der Waals surface area (Å²) in [5.74, 6) is 0.148. The van der Waals surface area contributed by atoms with Crippen molar-refractivity contribution in [3.8, 4) is 0 Å². The van der Waals surface area contributed by atoms with E-state index < -0.39 is 0 Å². The summed E-state index contributed by atoms with van der Waals surface area (Å²) < 4.78 is 5.45. The lowest BCUT2D eigenvalue weighted by Gasteiger charge is -2.34. The van der Waals surface area contributed by atoms with Gasteiger partial charge in [-0.2, -0.15) is 0 Å². The van der Waals surface area contributed by atoms with Crippen LogP contribution in [0.4, 0.5) is 0 Å². The molecule has 0 radical (unpaired) electrons. The number of nitrogens with zero attached hydrogens (tertiary/aromatic N) is 1. The van der Waals surface area contributed by atoms with E-state index in [4.69, 9.17) is 4.74 Å². The molecule has 1 amide bonds. The number of amides is 1. The molecule has 8 heteroatoms. The Bertz CT molecular complexity index is 464. The van der Waals surface area contributed by atoms with Gasteiger partial charge in [-0.3, -0.25) is 9.69 Å². The molecule has 5 nitrogen and oxygen atoms in total. The quantitative estimate of drug-likeness (QED) is 0.802. The minimum absolute atomic E-state index is 0. The predicted molar refractivity (Wildman–Crippen MR) is 103 cm³/mol. The van der Waals surface area contributed by atoms with E-state index in [1.54, 1.807) is 11.3 Å². The maximum atomic E-state index is 12.3. The molecule has 1 unspecified atom stereocenters. The van der Waals surface area contributed by atoms with Crippen molar-refractivity contribution in [3.63, 3.8) is 0 Å². The molecule has 138 valence electrons. The summed E-state index contributed by atoms with van der Waals surface area (Å²) in [6.07, 6.45) is 3.27. The van der Waals surface area contributed by atoms with Crippen molar-refractivity contribution in [2.75, 3.05) is 39.4 Å². The fraction of sp³-hybridized carbons (Fsp3) is 0.688. The molecule has 2 aliphatic rings. The second-order valence-electron chi connectivity index (χ2n) is 5.93. The Hall–Kier alpha value is -0.370. The fourth-order valence-electron chi connectivity index (χ4n) is 3.18. The molecule has 1 aromatic rings. The SMILES string of the molecule is Cl.Cl.O=C(NCC(c1cccs1)N1CCOCC1)[C@H]1CCCCN1. The van der Waals surface area contributed by atoms with Gasteiger partial charge in [0.1, 0.15) is 0 Å². The molecule has 0 saturated carbocycles. The lowest BCUT2D eigenvalue weighted by Crippen LogP contribution is -2.49. The third-order valence-corrected chi connectivity index (χ3v) is 5.43. The predicted octanol–water partition coefficient (Wildman–Crippen LogP) is 2.22. The van der Waals surface area contributed by atoms with Gasteiger partial charge in [0.15, 0.2) is 0 Å². The Morgan fingerprint density at radius 3 is 2.79 bits per heavy atom. The van der Waals surface area contributed by atoms with Crippen molar-refractivity contribution in [1.29, 1.82) is 0 Å². The topological polar surface area (TPSA) is 53.6 Å². The van der Waals surface area contributed by atoms with Crippen molar-refractivity contribution >= 4 is 42.1 Å². The van der Waals surface area contributed by atoms with Gasteiger partial charge in [-0.25, -0.2) is 0 Å². The third-order valence-electron chi connectivity index (χ3n) is 4.45. The highest BCUT2D eigenvalue weighted by Gasteiger charge is 2.26. The van der Waals surface area contributed by atoms with Gasteiger partial charge in [0.25, 0.3) is 0 Å². The average molecular weight is 396 g/mol. The van der Waals surface area contributed by atoms with Crippen LogP contribution in [-0.4, -0.2) is 56.2 Å². The maximum absolute atomic E-state index is 12.3. The monoisotopic (exact) mass is 395 g/mol. The van der Waals surface area contributed by atoms with Crippen LogP contribution in [-0.2, 0) is 9.53 Å². The Kier molecular flexibility index (Phi) is 10.2. The van der Waals surface area contributed by atoms with E-state index in [9.17, 15) is 4.79 Å². The zero-order valence-corrected chi connectivity index (χ0v) is 16.2. The number of hydrogen-bond donors (Lipinski definition) is 2. The molecular formula is C16H27Cl2N3O2S. The molecule has 0 spiro atoms. The number of carbonyl (C=O) groups excluding carboxylic acids is 1. The summed E-state index contributed by atoms with van der Waals surface area (Å²) in [4.78, 5) is 16.1. The molecule has 3 heterocycles. The van der Waals surface area contributed by atoms with Crippen LogP contribution in [0.15, 0.2) is 17.5 Å². The summed E-state index contributed by atoms with van der Waals surface area (Å²) in [5.41, 5.74) is 0. The largest absolute Gasteiger partial charge is 0.379 e. The Morgan fingerprint density at radius 2 is 2.17 bits per heavy atom. The highest BCUT2D eigenvalue weighted by Crippen LogP contribution is 2.25. The van der Waals surface area contributed by atoms with Crippen LogP contribution in [0.3, 0.4) is 0 Å². The highest BCUT2D eigenvalue weighted by molar-refractivity contribution is 7.10. The second kappa shape index (κ2) is 11.3. The number of piperidine rings is 1. The first-order chi connectivity index (χ1) is 10.8. The first-order valence-electron chi connectivity index (χ1n) is 8.21. The Labute approximate surface area is 160 Å². The minimum atomic E-state index is -0.0116. The van der Waals surface area contributed by atoms with Crippen LogP contribution >= 0.6 is 36.2 Å². The van der Waals surface area contributed by atoms with Crippen molar-refractivity contribution in [2.45, 2.75) is 31.3 Å². The number of ether oxygens (including phenoxy) is 1. The van der Waals surface area contributed by atoms with Gasteiger partial charge in [0.2, 0.25) is 5.91 Å². The summed E-state index contributed by atoms with van der Waals surface area (Å²) >= 11 is 1.76. The minimum Gasteiger partial charge on any atom is -0.379 e. The number of halogens is 2. The van der Waals surface area contributed by atoms with Gasteiger partial charge >= 0.3 is 0 Å². The van der Waals surface area contributed by atoms with Crippen molar-refractivity contribution in [2.24, 2.45) is 0 Å². The van der Waals surface area contributed by atoms with Gasteiger partial charge in [0.05, 0.1) is 25.3 Å². The molecule has 3 rings (SSSR count). The zero-order valence-electron chi connectivity index (χ0n) is 13.7. The smallest absolute Gasteiger partial charge is 0.237 e. The van der Waals surface area contributed by atoms with Crippen LogP contribution in [0.25, 0.3) is 0 Å². The molecule has 2 N–H and O–H groups in total. The Balaban J connectivity index is 0.00000144. The summed E-state index contributed by atoms with van der Waals surface area (Å²) in [5, 5.41) is 8.58. The number of rotatable bonds is 5. The molecule has 24 heavy (non-hydrogen) atoms. The normalized spacial score (nSPS) is 22.8. The van der Waals surface area contributed by atoms with Gasteiger partial charge in [0, 0.05) is 24.5 Å². The first kappa shape index (κ1) is 21.7. The maximum Gasteiger partial charge on any atom is 0.237 e. The Morgan fingerprint density at radius 1 is 1.38 bits per heavy atom. The standard InChI is InChI=1S/C16H25N3O2S.2ClH/c20-16(13-4-1-2-6-17-13)18-12-14(15-5-3-11-22-15)19-7-9-21-10-8-19;;/h3,5,11,13-14,17H,1-2,4,6-10,12H2,(H,18,20);2*1H/t13-,14?;;/m1../s1. The number of hydrogen-bond acceptors (Lipinski definition) is 5. The molecule has 2 aliphatic heterocycles. The van der Waals surface area contributed by atoms with Gasteiger partial charge in [-0.1, -0.05) is 12.5 Å². The van der Waals surface area contributed by atoms with Crippen LogP contribution in [0.1, 0.15) is 30.2 Å². The molecule has 0 bridgehead atoms. The molecule has 0 aliphatic carbocycles. The first-order valence-corrected chi connectivity index (χ1v) is 9.09.